The molecule has 8 nitrogen and oxygen atoms in total. The van der Waals surface area contributed by atoms with Gasteiger partial charge in [0.15, 0.2) is 0 Å². The Morgan fingerprint density at radius 2 is 2.11 bits per heavy atom. The summed E-state index contributed by atoms with van der Waals surface area (Å²) in [6.45, 7) is 0.243. The molecule has 0 saturated carbocycles. The Bertz CT molecular complexity index is 1030. The summed E-state index contributed by atoms with van der Waals surface area (Å²) in [6, 6.07) is 5.97. The quantitative estimate of drug-likeness (QED) is 0.507. The Labute approximate surface area is 172 Å². The van der Waals surface area contributed by atoms with Gasteiger partial charge in [0, 0.05) is 25.2 Å². The van der Waals surface area contributed by atoms with Gasteiger partial charge in [0.1, 0.15) is 10.0 Å². The third kappa shape index (κ3) is 4.40. The molecule has 2 aromatic rings. The topological polar surface area (TPSA) is 110 Å². The van der Waals surface area contributed by atoms with E-state index in [0.29, 0.717) is 16.6 Å². The second-order valence-corrected chi connectivity index (χ2v) is 10.8. The van der Waals surface area contributed by atoms with Crippen molar-refractivity contribution in [2.24, 2.45) is 5.92 Å². The first kappa shape index (κ1) is 20.8. The van der Waals surface area contributed by atoms with Gasteiger partial charge in [-0.15, -0.1) is 11.3 Å². The predicted molar refractivity (Wildman–Crippen MR) is 105 cm³/mol. The number of nitro benzene ring substituents is 1. The summed E-state index contributed by atoms with van der Waals surface area (Å²) in [5, 5.41) is 13.2. The number of amides is 1. The van der Waals surface area contributed by atoms with Crippen LogP contribution < -0.4 is 5.32 Å². The Kier molecular flexibility index (Phi) is 6.12. The fourth-order valence-corrected chi connectivity index (χ4v) is 6.58. The summed E-state index contributed by atoms with van der Waals surface area (Å²) in [5.41, 5.74) is -0.658. The van der Waals surface area contributed by atoms with Crippen LogP contribution in [0.3, 0.4) is 0 Å². The zero-order valence-corrected chi connectivity index (χ0v) is 17.5. The number of nitro groups is 1. The van der Waals surface area contributed by atoms with Crippen molar-refractivity contribution >= 4 is 54.6 Å². The zero-order chi connectivity index (χ0) is 20.5. The maximum atomic E-state index is 13.9. The first-order valence-corrected chi connectivity index (χ1v) is 11.2. The van der Waals surface area contributed by atoms with Crippen molar-refractivity contribution < 1.29 is 22.5 Å². The monoisotopic (exact) mass is 491 g/mol. The molecule has 28 heavy (non-hydrogen) atoms. The van der Waals surface area contributed by atoms with Crippen LogP contribution in [0.25, 0.3) is 0 Å². The van der Waals surface area contributed by atoms with Crippen molar-refractivity contribution in [1.82, 2.24) is 4.31 Å². The fraction of sp³-hybridized carbons (Fsp3) is 0.312. The Balaban J connectivity index is 1.75. The molecule has 2 heterocycles. The standard InChI is InChI=1S/C16H15BrFN3O5S2/c17-14-5-6-15(27-14)28(25,26)20-7-1-2-10(9-20)16(22)19-13-8-11(21(23)24)3-4-12(13)18/h3-6,8,10H,1-2,7,9H2,(H,19,22). The maximum absolute atomic E-state index is 13.9. The maximum Gasteiger partial charge on any atom is 0.271 e. The Morgan fingerprint density at radius 1 is 1.36 bits per heavy atom. The van der Waals surface area contributed by atoms with E-state index >= 15 is 0 Å². The number of anilines is 1. The molecule has 1 amide bonds. The zero-order valence-electron chi connectivity index (χ0n) is 14.3. The molecular formula is C16H15BrFN3O5S2. The SMILES string of the molecule is O=C(Nc1cc([N+](=O)[O-])ccc1F)C1CCCN(S(=O)(=O)c2ccc(Br)s2)C1. The lowest BCUT2D eigenvalue weighted by atomic mass is 9.98. The molecule has 0 spiro atoms. The lowest BCUT2D eigenvalue weighted by molar-refractivity contribution is -0.384. The first-order valence-electron chi connectivity index (χ1n) is 8.19. The minimum absolute atomic E-state index is 0.0414. The Morgan fingerprint density at radius 3 is 2.75 bits per heavy atom. The molecule has 1 atom stereocenters. The summed E-state index contributed by atoms with van der Waals surface area (Å²) in [7, 11) is -3.73. The van der Waals surface area contributed by atoms with E-state index in [1.807, 2.05) is 0 Å². The summed E-state index contributed by atoms with van der Waals surface area (Å²) in [5.74, 6) is -2.07. The van der Waals surface area contributed by atoms with E-state index in [-0.39, 0.29) is 28.7 Å². The number of piperidine rings is 1. The summed E-state index contributed by atoms with van der Waals surface area (Å²) < 4.78 is 41.5. The molecule has 1 aliphatic heterocycles. The second kappa shape index (κ2) is 8.23. The molecule has 1 fully saturated rings. The third-order valence-electron chi connectivity index (χ3n) is 4.32. The van der Waals surface area contributed by atoms with Gasteiger partial charge in [-0.05, 0) is 47.0 Å². The van der Waals surface area contributed by atoms with Crippen LogP contribution in [0.1, 0.15) is 12.8 Å². The van der Waals surface area contributed by atoms with E-state index in [1.54, 1.807) is 6.07 Å². The number of thiophene rings is 1. The van der Waals surface area contributed by atoms with Crippen LogP contribution >= 0.6 is 27.3 Å². The molecule has 1 aliphatic rings. The normalized spacial score (nSPS) is 18.0. The molecule has 1 N–H and O–H groups in total. The molecule has 150 valence electrons. The number of non-ortho nitro benzene ring substituents is 1. The molecule has 1 aromatic carbocycles. The molecule has 0 bridgehead atoms. The molecular weight excluding hydrogens is 477 g/mol. The molecule has 0 aliphatic carbocycles. The van der Waals surface area contributed by atoms with Gasteiger partial charge in [-0.2, -0.15) is 4.31 Å². The number of nitrogens with one attached hydrogen (secondary N) is 1. The van der Waals surface area contributed by atoms with Gasteiger partial charge < -0.3 is 5.32 Å². The number of carbonyl (C=O) groups is 1. The number of rotatable bonds is 5. The minimum Gasteiger partial charge on any atom is -0.323 e. The number of carbonyl (C=O) groups excluding carboxylic acids is 1. The van der Waals surface area contributed by atoms with Gasteiger partial charge >= 0.3 is 0 Å². The second-order valence-electron chi connectivity index (χ2n) is 6.17. The van der Waals surface area contributed by atoms with E-state index in [4.69, 9.17) is 0 Å². The average Bonchev–Trinajstić information content (AvgIpc) is 3.10. The third-order valence-corrected chi connectivity index (χ3v) is 8.27. The minimum atomic E-state index is -3.73. The van der Waals surface area contributed by atoms with Gasteiger partial charge in [-0.3, -0.25) is 14.9 Å². The number of hydrogen-bond acceptors (Lipinski definition) is 6. The molecule has 3 rings (SSSR count). The highest BCUT2D eigenvalue weighted by Gasteiger charge is 2.34. The van der Waals surface area contributed by atoms with Crippen LogP contribution in [0.2, 0.25) is 0 Å². The molecule has 1 unspecified atom stereocenters. The van der Waals surface area contributed by atoms with Crippen LogP contribution in [0.5, 0.6) is 0 Å². The average molecular weight is 492 g/mol. The molecule has 1 aromatic heterocycles. The van der Waals surface area contributed by atoms with Gasteiger partial charge in [0.2, 0.25) is 5.91 Å². The van der Waals surface area contributed by atoms with E-state index in [0.717, 1.165) is 29.5 Å². The van der Waals surface area contributed by atoms with Crippen LogP contribution in [0.4, 0.5) is 15.8 Å². The largest absolute Gasteiger partial charge is 0.323 e. The number of hydrogen-bond donors (Lipinski definition) is 1. The van der Waals surface area contributed by atoms with Crippen molar-refractivity contribution in [3.8, 4) is 0 Å². The summed E-state index contributed by atoms with van der Waals surface area (Å²) >= 11 is 4.31. The molecule has 0 radical (unpaired) electrons. The van der Waals surface area contributed by atoms with Crippen molar-refractivity contribution in [3.05, 3.63) is 50.0 Å². The van der Waals surface area contributed by atoms with E-state index in [1.165, 1.54) is 10.4 Å². The van der Waals surface area contributed by atoms with Gasteiger partial charge in [0.25, 0.3) is 15.7 Å². The fourth-order valence-electron chi connectivity index (χ4n) is 2.90. The van der Waals surface area contributed by atoms with Crippen LogP contribution in [0, 0.1) is 21.8 Å². The predicted octanol–water partition coefficient (Wildman–Crippen LogP) is 3.60. The lowest BCUT2D eigenvalue weighted by Crippen LogP contribution is -2.43. The van der Waals surface area contributed by atoms with E-state index in [2.05, 4.69) is 21.2 Å². The highest BCUT2D eigenvalue weighted by molar-refractivity contribution is 9.11. The lowest BCUT2D eigenvalue weighted by Gasteiger charge is -2.30. The van der Waals surface area contributed by atoms with Crippen molar-refractivity contribution in [3.63, 3.8) is 0 Å². The van der Waals surface area contributed by atoms with Crippen LogP contribution in [0.15, 0.2) is 38.3 Å². The summed E-state index contributed by atoms with van der Waals surface area (Å²) in [4.78, 5) is 22.7. The van der Waals surface area contributed by atoms with E-state index < -0.39 is 32.6 Å². The summed E-state index contributed by atoms with van der Waals surface area (Å²) in [6.07, 6.45) is 0.907. The number of benzene rings is 1. The van der Waals surface area contributed by atoms with Crippen LogP contribution in [-0.2, 0) is 14.8 Å². The highest BCUT2D eigenvalue weighted by atomic mass is 79.9. The number of halogens is 2. The van der Waals surface area contributed by atoms with Crippen LogP contribution in [-0.4, -0.2) is 36.6 Å². The van der Waals surface area contributed by atoms with E-state index in [9.17, 15) is 27.7 Å². The van der Waals surface area contributed by atoms with Crippen molar-refractivity contribution in [1.29, 1.82) is 0 Å². The smallest absolute Gasteiger partial charge is 0.271 e. The first-order chi connectivity index (χ1) is 13.2. The number of sulfonamides is 1. The van der Waals surface area contributed by atoms with Gasteiger partial charge in [0.05, 0.1) is 20.3 Å². The molecule has 1 saturated heterocycles. The van der Waals surface area contributed by atoms with Gasteiger partial charge in [-0.1, -0.05) is 0 Å². The van der Waals surface area contributed by atoms with Gasteiger partial charge in [-0.25, -0.2) is 12.8 Å². The molecule has 12 heteroatoms. The highest BCUT2D eigenvalue weighted by Crippen LogP contribution is 2.31. The van der Waals surface area contributed by atoms with Crippen molar-refractivity contribution in [2.75, 3.05) is 18.4 Å². The van der Waals surface area contributed by atoms with Crippen molar-refractivity contribution in [2.45, 2.75) is 17.1 Å². The Hall–Kier alpha value is -1.89. The number of nitrogens with zero attached hydrogens (tertiary/aromatic N) is 2.